The van der Waals surface area contributed by atoms with E-state index in [1.165, 1.54) is 50.3 Å². The zero-order valence-corrected chi connectivity index (χ0v) is 19.1. The molecule has 1 N–H and O–H groups in total. The Morgan fingerprint density at radius 3 is 2.61 bits per heavy atom. The second-order valence-corrected chi connectivity index (χ2v) is 10.9. The van der Waals surface area contributed by atoms with Crippen LogP contribution in [-0.4, -0.2) is 27.9 Å². The first kappa shape index (κ1) is 20.9. The van der Waals surface area contributed by atoms with Crippen LogP contribution in [0.2, 0.25) is 0 Å². The number of nitrogens with zero attached hydrogens (tertiary/aromatic N) is 2. The van der Waals surface area contributed by atoms with Gasteiger partial charge in [-0.05, 0) is 93.2 Å². The quantitative estimate of drug-likeness (QED) is 0.595. The highest BCUT2D eigenvalue weighted by Gasteiger charge is 2.53. The minimum absolute atomic E-state index is 0.0454. The number of ether oxygens (including phenoxy) is 1. The van der Waals surface area contributed by atoms with E-state index < -0.39 is 0 Å². The van der Waals surface area contributed by atoms with Gasteiger partial charge in [0, 0.05) is 6.04 Å². The molecular weight excluding hydrogens is 410 g/mol. The minimum atomic E-state index is 0.0454. The lowest BCUT2D eigenvalue weighted by molar-refractivity contribution is -0.123. The highest BCUT2D eigenvalue weighted by Crippen LogP contribution is 2.61. The third-order valence-electron chi connectivity index (χ3n) is 7.51. The third-order valence-corrected chi connectivity index (χ3v) is 8.33. The van der Waals surface area contributed by atoms with Gasteiger partial charge >= 0.3 is 0 Å². The first-order valence-corrected chi connectivity index (χ1v) is 12.4. The van der Waals surface area contributed by atoms with Gasteiger partial charge in [0.1, 0.15) is 5.75 Å². The van der Waals surface area contributed by atoms with Gasteiger partial charge in [0.05, 0.1) is 5.75 Å². The summed E-state index contributed by atoms with van der Waals surface area (Å²) in [5.74, 6) is 4.18. The molecule has 1 heterocycles. The fourth-order valence-electron chi connectivity index (χ4n) is 6.48. The largest absolute Gasteiger partial charge is 0.484 e. The molecule has 0 spiro atoms. The lowest BCUT2D eigenvalue weighted by Gasteiger charge is -2.59. The normalized spacial score (nSPS) is 29.7. The lowest BCUT2D eigenvalue weighted by Crippen LogP contribution is -2.56. The highest BCUT2D eigenvalue weighted by molar-refractivity contribution is 7.99. The van der Waals surface area contributed by atoms with Gasteiger partial charge in [-0.25, -0.2) is 0 Å². The zero-order chi connectivity index (χ0) is 21.4. The van der Waals surface area contributed by atoms with Crippen LogP contribution in [0.5, 0.6) is 5.75 Å². The summed E-state index contributed by atoms with van der Waals surface area (Å²) in [6, 6.07) is 8.05. The molecule has 6 rings (SSSR count). The van der Waals surface area contributed by atoms with E-state index in [1.54, 1.807) is 0 Å². The van der Waals surface area contributed by atoms with Crippen molar-refractivity contribution in [3.63, 3.8) is 0 Å². The second kappa shape index (κ2) is 8.49. The molecule has 4 fully saturated rings. The number of nitrogens with one attached hydrogen (secondary N) is 1. The number of benzene rings is 1. The highest BCUT2D eigenvalue weighted by atomic mass is 32.2. The molecule has 6 nitrogen and oxygen atoms in total. The van der Waals surface area contributed by atoms with Crippen molar-refractivity contribution < 1.29 is 13.9 Å². The van der Waals surface area contributed by atoms with Crippen LogP contribution < -0.4 is 10.1 Å². The number of carbonyl (C=O) groups excluding carboxylic acids is 1. The van der Waals surface area contributed by atoms with Crippen molar-refractivity contribution in [2.45, 2.75) is 70.2 Å². The maximum Gasteiger partial charge on any atom is 0.277 e. The van der Waals surface area contributed by atoms with Crippen molar-refractivity contribution in [2.24, 2.45) is 23.2 Å². The molecule has 31 heavy (non-hydrogen) atoms. The van der Waals surface area contributed by atoms with E-state index in [9.17, 15) is 4.79 Å². The summed E-state index contributed by atoms with van der Waals surface area (Å²) in [6.07, 6.45) is 8.14. The number of hydrogen-bond acceptors (Lipinski definition) is 6. The van der Waals surface area contributed by atoms with Gasteiger partial charge in [-0.15, -0.1) is 10.2 Å². The van der Waals surface area contributed by atoms with Crippen LogP contribution in [0.25, 0.3) is 0 Å². The Hall–Kier alpha value is -2.02. The number of hydrogen-bond donors (Lipinski definition) is 1. The Balaban J connectivity index is 1.09. The molecule has 166 valence electrons. The van der Waals surface area contributed by atoms with Gasteiger partial charge in [0.25, 0.3) is 11.1 Å². The summed E-state index contributed by atoms with van der Waals surface area (Å²) in [4.78, 5) is 12.6. The number of carbonyl (C=O) groups is 1. The summed E-state index contributed by atoms with van der Waals surface area (Å²) >= 11 is 1.28. The maximum absolute atomic E-state index is 12.6. The average molecular weight is 442 g/mol. The number of aryl methyl sites for hydroxylation is 1. The van der Waals surface area contributed by atoms with E-state index in [4.69, 9.17) is 9.15 Å². The molecule has 0 unspecified atom stereocenters. The SMILES string of the molecule is Cc1cccc(OCc2nnc(SCC(=O)N[C@H](C)C34CC5CC(CC(C5)C3)C4)o2)c1. The Morgan fingerprint density at radius 2 is 1.94 bits per heavy atom. The molecule has 7 heteroatoms. The summed E-state index contributed by atoms with van der Waals surface area (Å²) < 4.78 is 11.3. The zero-order valence-electron chi connectivity index (χ0n) is 18.3. The van der Waals surface area contributed by atoms with E-state index in [0.717, 1.165) is 29.1 Å². The number of amides is 1. The molecular formula is C24H31N3O3S. The molecule has 4 aliphatic rings. The topological polar surface area (TPSA) is 77.2 Å². The Labute approximate surface area is 187 Å². The van der Waals surface area contributed by atoms with Gasteiger partial charge in [0.2, 0.25) is 5.91 Å². The minimum Gasteiger partial charge on any atom is -0.484 e. The Kier molecular flexibility index (Phi) is 5.71. The molecule has 0 saturated heterocycles. The predicted octanol–water partition coefficient (Wildman–Crippen LogP) is 4.77. The second-order valence-electron chi connectivity index (χ2n) is 9.92. The number of aromatic nitrogens is 2. The van der Waals surface area contributed by atoms with Crippen LogP contribution in [0, 0.1) is 30.1 Å². The van der Waals surface area contributed by atoms with Crippen molar-refractivity contribution in [1.29, 1.82) is 0 Å². The van der Waals surface area contributed by atoms with Crippen LogP contribution in [0.1, 0.15) is 56.9 Å². The van der Waals surface area contributed by atoms with Gasteiger partial charge in [0.15, 0.2) is 6.61 Å². The van der Waals surface area contributed by atoms with Crippen LogP contribution in [-0.2, 0) is 11.4 Å². The molecule has 1 aromatic carbocycles. The van der Waals surface area contributed by atoms with Crippen molar-refractivity contribution >= 4 is 17.7 Å². The van der Waals surface area contributed by atoms with E-state index >= 15 is 0 Å². The molecule has 4 aliphatic carbocycles. The standard InChI is InChI=1S/C24H31N3O3S/c1-15-4-3-5-20(6-15)29-13-22-26-27-23(30-22)31-14-21(28)25-16(2)24-10-17-7-18(11-24)9-19(8-17)12-24/h3-6,16-19H,7-14H2,1-2H3,(H,25,28)/t16-,17?,18?,19?,24?/m1/s1. The summed E-state index contributed by atoms with van der Waals surface area (Å²) in [5.41, 5.74) is 1.45. The van der Waals surface area contributed by atoms with E-state index in [2.05, 4.69) is 22.4 Å². The monoisotopic (exact) mass is 441 g/mol. The first-order valence-electron chi connectivity index (χ1n) is 11.4. The van der Waals surface area contributed by atoms with Crippen molar-refractivity contribution in [1.82, 2.24) is 15.5 Å². The molecule has 4 bridgehead atoms. The van der Waals surface area contributed by atoms with Crippen LogP contribution in [0.3, 0.4) is 0 Å². The van der Waals surface area contributed by atoms with Gasteiger partial charge in [-0.2, -0.15) is 0 Å². The van der Waals surface area contributed by atoms with Crippen LogP contribution >= 0.6 is 11.8 Å². The van der Waals surface area contributed by atoms with Crippen molar-refractivity contribution in [3.05, 3.63) is 35.7 Å². The Morgan fingerprint density at radius 1 is 1.23 bits per heavy atom. The van der Waals surface area contributed by atoms with E-state index in [-0.39, 0.29) is 24.3 Å². The van der Waals surface area contributed by atoms with Gasteiger partial charge in [-0.3, -0.25) is 4.79 Å². The molecule has 4 saturated carbocycles. The summed E-state index contributed by atoms with van der Waals surface area (Å²) in [6.45, 7) is 4.44. The van der Waals surface area contributed by atoms with Crippen molar-refractivity contribution in [2.75, 3.05) is 5.75 Å². The van der Waals surface area contributed by atoms with Crippen LogP contribution in [0.4, 0.5) is 0 Å². The Bertz CT molecular complexity index is 908. The average Bonchev–Trinajstić information content (AvgIpc) is 3.18. The smallest absolute Gasteiger partial charge is 0.277 e. The molecule has 0 aliphatic heterocycles. The maximum atomic E-state index is 12.6. The summed E-state index contributed by atoms with van der Waals surface area (Å²) in [5, 5.41) is 11.8. The van der Waals surface area contributed by atoms with Gasteiger partial charge < -0.3 is 14.5 Å². The summed E-state index contributed by atoms with van der Waals surface area (Å²) in [7, 11) is 0. The van der Waals surface area contributed by atoms with Crippen LogP contribution in [0.15, 0.2) is 33.9 Å². The first-order chi connectivity index (χ1) is 15.0. The van der Waals surface area contributed by atoms with E-state index in [0.29, 0.717) is 16.5 Å². The van der Waals surface area contributed by atoms with E-state index in [1.807, 2.05) is 31.2 Å². The number of rotatable bonds is 8. The third kappa shape index (κ3) is 4.61. The number of thioether (sulfide) groups is 1. The van der Waals surface area contributed by atoms with Crippen molar-refractivity contribution in [3.8, 4) is 5.75 Å². The molecule has 1 atom stereocenters. The molecule has 2 aromatic rings. The molecule has 0 radical (unpaired) electrons. The molecule has 1 aromatic heterocycles. The fraction of sp³-hybridized carbons (Fsp3) is 0.625. The predicted molar refractivity (Wildman–Crippen MR) is 119 cm³/mol. The lowest BCUT2D eigenvalue weighted by atomic mass is 9.48. The molecule has 1 amide bonds. The van der Waals surface area contributed by atoms with Gasteiger partial charge in [-0.1, -0.05) is 23.9 Å². The fourth-order valence-corrected chi connectivity index (χ4v) is 7.07.